The average molecular weight is 355 g/mol. The molecule has 4 rings (SSSR count). The highest BCUT2D eigenvalue weighted by Crippen LogP contribution is 2.33. The van der Waals surface area contributed by atoms with Gasteiger partial charge in [-0.1, -0.05) is 24.3 Å². The molecule has 0 bridgehead atoms. The predicted molar refractivity (Wildman–Crippen MR) is 99.4 cm³/mol. The van der Waals surface area contributed by atoms with E-state index < -0.39 is 5.79 Å². The van der Waals surface area contributed by atoms with Crippen LogP contribution in [0.1, 0.15) is 31.2 Å². The SMILES string of the molecule is COc1ccc2cc(C(C)C(=O)N3CCC4(CC3)OCCO4)ccc2c1. The van der Waals surface area contributed by atoms with E-state index in [0.717, 1.165) is 34.9 Å². The second-order valence-corrected chi connectivity index (χ2v) is 7.13. The van der Waals surface area contributed by atoms with Crippen LogP contribution in [-0.2, 0) is 14.3 Å². The molecule has 2 saturated heterocycles. The zero-order valence-electron chi connectivity index (χ0n) is 15.4. The lowest BCUT2D eigenvalue weighted by atomic mass is 9.95. The lowest BCUT2D eigenvalue weighted by Gasteiger charge is -2.38. The topological polar surface area (TPSA) is 48.0 Å². The first-order valence-corrected chi connectivity index (χ1v) is 9.25. The third kappa shape index (κ3) is 3.17. The number of rotatable bonds is 3. The molecule has 26 heavy (non-hydrogen) atoms. The van der Waals surface area contributed by atoms with Crippen molar-refractivity contribution in [3.63, 3.8) is 0 Å². The van der Waals surface area contributed by atoms with E-state index in [0.29, 0.717) is 26.3 Å². The maximum absolute atomic E-state index is 13.0. The fourth-order valence-electron chi connectivity index (χ4n) is 3.91. The van der Waals surface area contributed by atoms with Crippen molar-refractivity contribution in [2.24, 2.45) is 0 Å². The number of amides is 1. The van der Waals surface area contributed by atoms with Gasteiger partial charge in [0.05, 0.1) is 26.2 Å². The zero-order chi connectivity index (χ0) is 18.1. The Balaban J connectivity index is 1.47. The molecule has 0 aliphatic carbocycles. The van der Waals surface area contributed by atoms with Crippen molar-refractivity contribution in [2.75, 3.05) is 33.4 Å². The van der Waals surface area contributed by atoms with Gasteiger partial charge >= 0.3 is 0 Å². The van der Waals surface area contributed by atoms with Gasteiger partial charge in [0, 0.05) is 25.9 Å². The Morgan fingerprint density at radius 1 is 1.08 bits per heavy atom. The molecule has 1 spiro atoms. The van der Waals surface area contributed by atoms with Crippen LogP contribution in [0, 0.1) is 0 Å². The zero-order valence-corrected chi connectivity index (χ0v) is 15.4. The van der Waals surface area contributed by atoms with E-state index in [2.05, 4.69) is 12.1 Å². The number of benzene rings is 2. The molecule has 2 heterocycles. The van der Waals surface area contributed by atoms with Crippen LogP contribution in [0.5, 0.6) is 5.75 Å². The van der Waals surface area contributed by atoms with Crippen LogP contribution in [-0.4, -0.2) is 50.0 Å². The molecule has 0 aromatic heterocycles. The number of fused-ring (bicyclic) bond motifs is 1. The van der Waals surface area contributed by atoms with E-state index in [1.165, 1.54) is 0 Å². The number of hydrogen-bond donors (Lipinski definition) is 0. The Bertz CT molecular complexity index is 803. The molecule has 2 fully saturated rings. The third-order valence-electron chi connectivity index (χ3n) is 5.59. The molecule has 5 nitrogen and oxygen atoms in total. The summed E-state index contributed by atoms with van der Waals surface area (Å²) in [4.78, 5) is 14.9. The van der Waals surface area contributed by atoms with Gasteiger partial charge < -0.3 is 19.1 Å². The van der Waals surface area contributed by atoms with E-state index in [1.54, 1.807) is 7.11 Å². The second kappa shape index (κ2) is 6.89. The number of piperidine rings is 1. The van der Waals surface area contributed by atoms with Crippen LogP contribution >= 0.6 is 0 Å². The van der Waals surface area contributed by atoms with Gasteiger partial charge in [-0.15, -0.1) is 0 Å². The molecule has 0 radical (unpaired) electrons. The van der Waals surface area contributed by atoms with E-state index in [4.69, 9.17) is 14.2 Å². The summed E-state index contributed by atoms with van der Waals surface area (Å²) in [5.41, 5.74) is 1.04. The summed E-state index contributed by atoms with van der Waals surface area (Å²) in [5, 5.41) is 2.23. The first-order valence-electron chi connectivity index (χ1n) is 9.25. The van der Waals surface area contributed by atoms with Gasteiger partial charge in [0.25, 0.3) is 0 Å². The highest BCUT2D eigenvalue weighted by molar-refractivity contribution is 5.88. The van der Waals surface area contributed by atoms with Crippen LogP contribution in [0.3, 0.4) is 0 Å². The molecular formula is C21H25NO4. The molecule has 2 aromatic rings. The van der Waals surface area contributed by atoms with Crippen molar-refractivity contribution >= 4 is 16.7 Å². The van der Waals surface area contributed by atoms with Crippen LogP contribution in [0.2, 0.25) is 0 Å². The van der Waals surface area contributed by atoms with Crippen LogP contribution in [0.25, 0.3) is 10.8 Å². The minimum atomic E-state index is -0.442. The standard InChI is InChI=1S/C21H25NO4/c1-15(16-3-4-18-14-19(24-2)6-5-17(18)13-16)20(23)22-9-7-21(8-10-22)25-11-12-26-21/h3-6,13-15H,7-12H2,1-2H3. The number of nitrogens with zero attached hydrogens (tertiary/aromatic N) is 1. The Morgan fingerprint density at radius 3 is 2.42 bits per heavy atom. The molecule has 0 saturated carbocycles. The summed E-state index contributed by atoms with van der Waals surface area (Å²) in [7, 11) is 1.67. The summed E-state index contributed by atoms with van der Waals surface area (Å²) in [6.07, 6.45) is 1.51. The van der Waals surface area contributed by atoms with Crippen molar-refractivity contribution in [1.82, 2.24) is 4.90 Å². The predicted octanol–water partition coefficient (Wildman–Crippen LogP) is 3.32. The monoisotopic (exact) mass is 355 g/mol. The summed E-state index contributed by atoms with van der Waals surface area (Å²) in [6.45, 7) is 4.68. The van der Waals surface area contributed by atoms with Gasteiger partial charge in [0.1, 0.15) is 5.75 Å². The third-order valence-corrected chi connectivity index (χ3v) is 5.59. The minimum Gasteiger partial charge on any atom is -0.497 e. The molecule has 1 atom stereocenters. The Kier molecular flexibility index (Phi) is 4.59. The number of carbonyl (C=O) groups excluding carboxylic acids is 1. The van der Waals surface area contributed by atoms with Gasteiger partial charge in [-0.3, -0.25) is 4.79 Å². The second-order valence-electron chi connectivity index (χ2n) is 7.13. The van der Waals surface area contributed by atoms with Gasteiger partial charge in [0.15, 0.2) is 5.79 Å². The maximum Gasteiger partial charge on any atom is 0.229 e. The van der Waals surface area contributed by atoms with Crippen molar-refractivity contribution in [3.8, 4) is 5.75 Å². The van der Waals surface area contributed by atoms with Gasteiger partial charge in [-0.05, 0) is 35.4 Å². The Morgan fingerprint density at radius 2 is 1.73 bits per heavy atom. The number of ether oxygens (including phenoxy) is 3. The van der Waals surface area contributed by atoms with E-state index in [9.17, 15) is 4.79 Å². The maximum atomic E-state index is 13.0. The van der Waals surface area contributed by atoms with E-state index in [-0.39, 0.29) is 11.8 Å². The van der Waals surface area contributed by atoms with Crippen LogP contribution < -0.4 is 4.74 Å². The summed E-state index contributed by atoms with van der Waals surface area (Å²) in [6, 6.07) is 12.2. The van der Waals surface area contributed by atoms with E-state index in [1.807, 2.05) is 36.1 Å². The average Bonchev–Trinajstić information content (AvgIpc) is 3.14. The molecule has 5 heteroatoms. The van der Waals surface area contributed by atoms with Crippen LogP contribution in [0.4, 0.5) is 0 Å². The quantitative estimate of drug-likeness (QED) is 0.847. The minimum absolute atomic E-state index is 0.166. The Labute approximate surface area is 153 Å². The molecule has 0 N–H and O–H groups in total. The lowest BCUT2D eigenvalue weighted by molar-refractivity contribution is -0.187. The number of methoxy groups -OCH3 is 1. The van der Waals surface area contributed by atoms with Gasteiger partial charge in [-0.2, -0.15) is 0 Å². The Hall–Kier alpha value is -2.11. The molecular weight excluding hydrogens is 330 g/mol. The fourth-order valence-corrected chi connectivity index (χ4v) is 3.91. The van der Waals surface area contributed by atoms with Crippen molar-refractivity contribution in [3.05, 3.63) is 42.0 Å². The molecule has 2 aromatic carbocycles. The largest absolute Gasteiger partial charge is 0.497 e. The summed E-state index contributed by atoms with van der Waals surface area (Å²) in [5.74, 6) is 0.404. The molecule has 2 aliphatic heterocycles. The smallest absolute Gasteiger partial charge is 0.229 e. The molecule has 138 valence electrons. The van der Waals surface area contributed by atoms with Crippen molar-refractivity contribution in [2.45, 2.75) is 31.5 Å². The van der Waals surface area contributed by atoms with Crippen molar-refractivity contribution < 1.29 is 19.0 Å². The van der Waals surface area contributed by atoms with Gasteiger partial charge in [-0.25, -0.2) is 0 Å². The molecule has 1 amide bonds. The fraction of sp³-hybridized carbons (Fsp3) is 0.476. The van der Waals surface area contributed by atoms with Gasteiger partial charge in [0.2, 0.25) is 5.91 Å². The lowest BCUT2D eigenvalue weighted by Crippen LogP contribution is -2.48. The summed E-state index contributed by atoms with van der Waals surface area (Å²) >= 11 is 0. The summed E-state index contributed by atoms with van der Waals surface area (Å²) < 4.78 is 16.8. The normalized spacial score (nSPS) is 20.5. The first-order chi connectivity index (χ1) is 12.6. The number of likely N-dealkylation sites (tertiary alicyclic amines) is 1. The number of carbonyl (C=O) groups is 1. The van der Waals surface area contributed by atoms with Crippen LogP contribution in [0.15, 0.2) is 36.4 Å². The first kappa shape index (κ1) is 17.3. The molecule has 2 aliphatic rings. The molecule has 1 unspecified atom stereocenters. The van der Waals surface area contributed by atoms with E-state index >= 15 is 0 Å². The number of hydrogen-bond acceptors (Lipinski definition) is 4. The highest BCUT2D eigenvalue weighted by Gasteiger charge is 2.41. The highest BCUT2D eigenvalue weighted by atomic mass is 16.7. The van der Waals surface area contributed by atoms with Crippen molar-refractivity contribution in [1.29, 1.82) is 0 Å².